The van der Waals surface area contributed by atoms with Gasteiger partial charge in [0.2, 0.25) is 5.91 Å². The van der Waals surface area contributed by atoms with Crippen molar-refractivity contribution in [3.63, 3.8) is 0 Å². The Bertz CT molecular complexity index is 531. The van der Waals surface area contributed by atoms with Gasteiger partial charge in [-0.1, -0.05) is 30.3 Å². The molecule has 1 amide bonds. The van der Waals surface area contributed by atoms with Gasteiger partial charge in [-0.2, -0.15) is 0 Å². The van der Waals surface area contributed by atoms with Crippen LogP contribution in [-0.2, 0) is 14.3 Å². The van der Waals surface area contributed by atoms with E-state index in [1.807, 2.05) is 44.2 Å². The highest BCUT2D eigenvalue weighted by Crippen LogP contribution is 2.19. The van der Waals surface area contributed by atoms with Gasteiger partial charge < -0.3 is 15.4 Å². The van der Waals surface area contributed by atoms with Gasteiger partial charge in [0.15, 0.2) is 0 Å². The topological polar surface area (TPSA) is 67.4 Å². The SMILES string of the molecule is CC(C)OC(=O)CC(NC(=O)CCC1CCNC1)c1ccccc1.Cl. The van der Waals surface area contributed by atoms with E-state index in [9.17, 15) is 9.59 Å². The lowest BCUT2D eigenvalue weighted by Crippen LogP contribution is -2.31. The largest absolute Gasteiger partial charge is 0.463 e. The molecule has 1 aromatic rings. The molecule has 1 heterocycles. The van der Waals surface area contributed by atoms with Crippen LogP contribution in [-0.4, -0.2) is 31.1 Å². The summed E-state index contributed by atoms with van der Waals surface area (Å²) in [5, 5.41) is 6.32. The number of esters is 1. The molecule has 0 aliphatic carbocycles. The van der Waals surface area contributed by atoms with Crippen LogP contribution >= 0.6 is 12.4 Å². The Labute approximate surface area is 156 Å². The molecular formula is C19H29ClN2O3. The summed E-state index contributed by atoms with van der Waals surface area (Å²) >= 11 is 0. The summed E-state index contributed by atoms with van der Waals surface area (Å²) in [6.07, 6.45) is 2.51. The monoisotopic (exact) mass is 368 g/mol. The second kappa shape index (κ2) is 11.1. The van der Waals surface area contributed by atoms with Crippen molar-refractivity contribution in [2.75, 3.05) is 13.1 Å². The van der Waals surface area contributed by atoms with Gasteiger partial charge in [-0.25, -0.2) is 0 Å². The van der Waals surface area contributed by atoms with Crippen LogP contribution in [0.3, 0.4) is 0 Å². The fourth-order valence-corrected chi connectivity index (χ4v) is 2.98. The molecule has 5 nitrogen and oxygen atoms in total. The average molecular weight is 369 g/mol. The van der Waals surface area contributed by atoms with E-state index in [4.69, 9.17) is 4.74 Å². The minimum atomic E-state index is -0.341. The minimum absolute atomic E-state index is 0. The maximum Gasteiger partial charge on any atom is 0.308 e. The number of nitrogens with one attached hydrogen (secondary N) is 2. The Kier molecular flexibility index (Phi) is 9.53. The molecule has 0 spiro atoms. The number of carbonyl (C=O) groups excluding carboxylic acids is 2. The van der Waals surface area contributed by atoms with Gasteiger partial charge in [0.05, 0.1) is 18.6 Å². The Morgan fingerprint density at radius 2 is 2.00 bits per heavy atom. The second-order valence-corrected chi connectivity index (χ2v) is 6.67. The van der Waals surface area contributed by atoms with E-state index in [-0.39, 0.29) is 42.9 Å². The Morgan fingerprint density at radius 3 is 2.60 bits per heavy atom. The summed E-state index contributed by atoms with van der Waals surface area (Å²) in [7, 11) is 0. The zero-order chi connectivity index (χ0) is 17.4. The summed E-state index contributed by atoms with van der Waals surface area (Å²) in [6.45, 7) is 5.68. The predicted octanol–water partition coefficient (Wildman–Crippen LogP) is 3.00. The molecule has 2 atom stereocenters. The number of ether oxygens (including phenoxy) is 1. The molecule has 2 rings (SSSR count). The maximum atomic E-state index is 12.3. The Morgan fingerprint density at radius 1 is 1.28 bits per heavy atom. The molecular weight excluding hydrogens is 340 g/mol. The first-order valence-electron chi connectivity index (χ1n) is 8.79. The molecule has 1 fully saturated rings. The first-order chi connectivity index (χ1) is 11.5. The van der Waals surface area contributed by atoms with Crippen LogP contribution in [0.5, 0.6) is 0 Å². The third-order valence-electron chi connectivity index (χ3n) is 4.22. The van der Waals surface area contributed by atoms with E-state index in [0.717, 1.165) is 31.5 Å². The highest BCUT2D eigenvalue weighted by molar-refractivity contribution is 5.85. The highest BCUT2D eigenvalue weighted by atomic mass is 35.5. The maximum absolute atomic E-state index is 12.3. The van der Waals surface area contributed by atoms with E-state index >= 15 is 0 Å². The third-order valence-corrected chi connectivity index (χ3v) is 4.22. The minimum Gasteiger partial charge on any atom is -0.463 e. The van der Waals surface area contributed by atoms with E-state index < -0.39 is 0 Å². The van der Waals surface area contributed by atoms with Crippen LogP contribution in [0.2, 0.25) is 0 Å². The van der Waals surface area contributed by atoms with Crippen molar-refractivity contribution >= 4 is 24.3 Å². The predicted molar refractivity (Wildman–Crippen MR) is 101 cm³/mol. The molecule has 0 bridgehead atoms. The molecule has 2 N–H and O–H groups in total. The number of hydrogen-bond donors (Lipinski definition) is 2. The van der Waals surface area contributed by atoms with Crippen LogP contribution in [0, 0.1) is 5.92 Å². The molecule has 1 saturated heterocycles. The molecule has 6 heteroatoms. The molecule has 140 valence electrons. The normalized spacial score (nSPS) is 17.6. The van der Waals surface area contributed by atoms with Crippen molar-refractivity contribution in [1.29, 1.82) is 0 Å². The molecule has 2 unspecified atom stereocenters. The molecule has 0 radical (unpaired) electrons. The number of carbonyl (C=O) groups is 2. The highest BCUT2D eigenvalue weighted by Gasteiger charge is 2.21. The zero-order valence-electron chi connectivity index (χ0n) is 15.0. The third kappa shape index (κ3) is 7.88. The van der Waals surface area contributed by atoms with Gasteiger partial charge in [0, 0.05) is 6.42 Å². The lowest BCUT2D eigenvalue weighted by Gasteiger charge is -2.20. The molecule has 25 heavy (non-hydrogen) atoms. The van der Waals surface area contributed by atoms with Crippen molar-refractivity contribution in [2.45, 2.75) is 51.7 Å². The average Bonchev–Trinajstić information content (AvgIpc) is 3.06. The molecule has 1 aliphatic rings. The Hall–Kier alpha value is -1.59. The van der Waals surface area contributed by atoms with Crippen LogP contribution in [0.1, 0.15) is 51.1 Å². The van der Waals surface area contributed by atoms with Crippen molar-refractivity contribution < 1.29 is 14.3 Å². The fraction of sp³-hybridized carbons (Fsp3) is 0.579. The summed E-state index contributed by atoms with van der Waals surface area (Å²) < 4.78 is 5.23. The van der Waals surface area contributed by atoms with Crippen molar-refractivity contribution in [3.8, 4) is 0 Å². The van der Waals surface area contributed by atoms with Gasteiger partial charge in [-0.3, -0.25) is 9.59 Å². The summed E-state index contributed by atoms with van der Waals surface area (Å²) in [5.74, 6) is 0.282. The van der Waals surface area contributed by atoms with Gasteiger partial charge in [0.25, 0.3) is 0 Å². The van der Waals surface area contributed by atoms with Gasteiger partial charge in [0.1, 0.15) is 0 Å². The number of hydrogen-bond acceptors (Lipinski definition) is 4. The summed E-state index contributed by atoms with van der Waals surface area (Å²) in [4.78, 5) is 24.3. The first kappa shape index (κ1) is 21.5. The van der Waals surface area contributed by atoms with Crippen LogP contribution in [0.25, 0.3) is 0 Å². The number of halogens is 1. The summed E-state index contributed by atoms with van der Waals surface area (Å²) in [5.41, 5.74) is 0.925. The lowest BCUT2D eigenvalue weighted by molar-refractivity contribution is -0.148. The van der Waals surface area contributed by atoms with E-state index in [1.54, 1.807) is 0 Å². The standard InChI is InChI=1S/C19H28N2O3.ClH/c1-14(2)24-19(23)12-17(16-6-4-3-5-7-16)21-18(22)9-8-15-10-11-20-13-15;/h3-7,14-15,17,20H,8-13H2,1-2H3,(H,21,22);1H. The smallest absolute Gasteiger partial charge is 0.308 e. The molecule has 0 aromatic heterocycles. The van der Waals surface area contributed by atoms with Gasteiger partial charge in [-0.15, -0.1) is 12.4 Å². The van der Waals surface area contributed by atoms with E-state index in [2.05, 4.69) is 10.6 Å². The molecule has 0 saturated carbocycles. The lowest BCUT2D eigenvalue weighted by atomic mass is 10.0. The van der Waals surface area contributed by atoms with Crippen molar-refractivity contribution in [3.05, 3.63) is 35.9 Å². The van der Waals surface area contributed by atoms with E-state index in [1.165, 1.54) is 0 Å². The number of rotatable bonds is 8. The number of benzene rings is 1. The van der Waals surface area contributed by atoms with Crippen LogP contribution in [0.15, 0.2) is 30.3 Å². The quantitative estimate of drug-likeness (QED) is 0.692. The summed E-state index contributed by atoms with van der Waals surface area (Å²) in [6, 6.07) is 9.25. The van der Waals surface area contributed by atoms with Gasteiger partial charge >= 0.3 is 5.97 Å². The van der Waals surface area contributed by atoms with Crippen molar-refractivity contribution in [2.24, 2.45) is 5.92 Å². The molecule has 1 aromatic carbocycles. The molecule has 1 aliphatic heterocycles. The number of amides is 1. The van der Waals surface area contributed by atoms with E-state index in [0.29, 0.717) is 12.3 Å². The Balaban J connectivity index is 0.00000312. The second-order valence-electron chi connectivity index (χ2n) is 6.67. The van der Waals surface area contributed by atoms with Crippen LogP contribution in [0.4, 0.5) is 0 Å². The zero-order valence-corrected chi connectivity index (χ0v) is 15.8. The van der Waals surface area contributed by atoms with Crippen LogP contribution < -0.4 is 10.6 Å². The first-order valence-corrected chi connectivity index (χ1v) is 8.79. The fourth-order valence-electron chi connectivity index (χ4n) is 2.98. The van der Waals surface area contributed by atoms with Gasteiger partial charge in [-0.05, 0) is 51.3 Å². The van der Waals surface area contributed by atoms with Crippen molar-refractivity contribution in [1.82, 2.24) is 10.6 Å².